The van der Waals surface area contributed by atoms with E-state index < -0.39 is 18.6 Å². The Balaban J connectivity index is 2.67. The molecule has 1 unspecified atom stereocenters. The molecule has 0 aliphatic rings. The van der Waals surface area contributed by atoms with E-state index in [0.29, 0.717) is 5.69 Å². The highest BCUT2D eigenvalue weighted by atomic mass is 19.1. The Kier molecular flexibility index (Phi) is 4.09. The van der Waals surface area contributed by atoms with Crippen LogP contribution in [0.2, 0.25) is 0 Å². The van der Waals surface area contributed by atoms with Gasteiger partial charge in [-0.3, -0.25) is 4.79 Å². The lowest BCUT2D eigenvalue weighted by Gasteiger charge is -2.11. The zero-order chi connectivity index (χ0) is 11.3. The van der Waals surface area contributed by atoms with E-state index in [1.807, 2.05) is 0 Å². The van der Waals surface area contributed by atoms with Crippen LogP contribution in [0.5, 0.6) is 0 Å². The summed E-state index contributed by atoms with van der Waals surface area (Å²) >= 11 is 0. The first kappa shape index (κ1) is 11.5. The van der Waals surface area contributed by atoms with E-state index in [1.165, 1.54) is 0 Å². The summed E-state index contributed by atoms with van der Waals surface area (Å²) in [5.74, 6) is -0.849. The molecular weight excluding hydrogens is 197 g/mol. The zero-order valence-corrected chi connectivity index (χ0v) is 8.57. The Morgan fingerprint density at radius 2 is 2.33 bits per heavy atom. The highest BCUT2D eigenvalue weighted by Gasteiger charge is 2.16. The van der Waals surface area contributed by atoms with Crippen LogP contribution in [0, 0.1) is 0 Å². The molecule has 2 N–H and O–H groups in total. The molecule has 0 radical (unpaired) electrons. The van der Waals surface area contributed by atoms with Crippen molar-refractivity contribution in [3.8, 4) is 0 Å². The van der Waals surface area contributed by atoms with E-state index in [9.17, 15) is 9.18 Å². The van der Waals surface area contributed by atoms with Crippen molar-refractivity contribution in [2.24, 2.45) is 0 Å². The molecule has 0 bridgehead atoms. The average molecular weight is 211 g/mol. The van der Waals surface area contributed by atoms with Crippen molar-refractivity contribution in [1.82, 2.24) is 0 Å². The van der Waals surface area contributed by atoms with Gasteiger partial charge in [-0.15, -0.1) is 0 Å². The molecule has 4 heteroatoms. The van der Waals surface area contributed by atoms with E-state index in [4.69, 9.17) is 10.5 Å². The number of carbonyl (C=O) groups is 1. The van der Waals surface area contributed by atoms with Crippen molar-refractivity contribution in [2.45, 2.75) is 12.8 Å². The molecule has 0 amide bonds. The lowest BCUT2D eigenvalue weighted by atomic mass is 10.0. The van der Waals surface area contributed by atoms with Crippen LogP contribution in [0.15, 0.2) is 24.3 Å². The van der Waals surface area contributed by atoms with Crippen molar-refractivity contribution in [3.05, 3.63) is 29.8 Å². The number of halogens is 1. The average Bonchev–Trinajstić information content (AvgIpc) is 2.24. The van der Waals surface area contributed by atoms with Gasteiger partial charge in [-0.2, -0.15) is 0 Å². The molecule has 1 aromatic carbocycles. The number of hydrogen-bond donors (Lipinski definition) is 1. The third-order valence-electron chi connectivity index (χ3n) is 2.09. The Bertz CT molecular complexity index is 341. The highest BCUT2D eigenvalue weighted by Crippen LogP contribution is 2.18. The Hall–Kier alpha value is -1.58. The van der Waals surface area contributed by atoms with Gasteiger partial charge in [0.15, 0.2) is 0 Å². The van der Waals surface area contributed by atoms with E-state index in [-0.39, 0.29) is 6.61 Å². The Morgan fingerprint density at radius 3 is 2.93 bits per heavy atom. The standard InChI is InChI=1S/C11H14FNO2/c1-8(11(14)15-6-5-12)9-3-2-4-10(13)7-9/h2-4,7-8H,5-6,13H2,1H3. The molecule has 0 aliphatic heterocycles. The molecule has 0 aromatic heterocycles. The van der Waals surface area contributed by atoms with Gasteiger partial charge < -0.3 is 10.5 Å². The van der Waals surface area contributed by atoms with Gasteiger partial charge >= 0.3 is 5.97 Å². The van der Waals surface area contributed by atoms with Gasteiger partial charge in [0.1, 0.15) is 13.3 Å². The quantitative estimate of drug-likeness (QED) is 0.611. The van der Waals surface area contributed by atoms with Crippen molar-refractivity contribution < 1.29 is 13.9 Å². The number of nitrogen functional groups attached to an aromatic ring is 1. The second-order valence-corrected chi connectivity index (χ2v) is 3.25. The smallest absolute Gasteiger partial charge is 0.313 e. The number of esters is 1. The number of anilines is 1. The first-order valence-electron chi connectivity index (χ1n) is 4.73. The van der Waals surface area contributed by atoms with E-state index >= 15 is 0 Å². The third-order valence-corrected chi connectivity index (χ3v) is 2.09. The maximum Gasteiger partial charge on any atom is 0.313 e. The fourth-order valence-electron chi connectivity index (χ4n) is 1.23. The van der Waals surface area contributed by atoms with Gasteiger partial charge in [0.2, 0.25) is 0 Å². The van der Waals surface area contributed by atoms with Crippen LogP contribution in [0.4, 0.5) is 10.1 Å². The minimum atomic E-state index is -0.657. The molecule has 0 fully saturated rings. The topological polar surface area (TPSA) is 52.3 Å². The van der Waals surface area contributed by atoms with Crippen LogP contribution in [0.25, 0.3) is 0 Å². The highest BCUT2D eigenvalue weighted by molar-refractivity contribution is 5.78. The second kappa shape index (κ2) is 5.34. The van der Waals surface area contributed by atoms with Crippen LogP contribution in [0.3, 0.4) is 0 Å². The maximum absolute atomic E-state index is 11.8. The first-order valence-corrected chi connectivity index (χ1v) is 4.73. The van der Waals surface area contributed by atoms with Gasteiger partial charge in [0.25, 0.3) is 0 Å². The lowest BCUT2D eigenvalue weighted by molar-refractivity contribution is -0.145. The zero-order valence-electron chi connectivity index (χ0n) is 8.57. The van der Waals surface area contributed by atoms with E-state index in [1.54, 1.807) is 31.2 Å². The van der Waals surface area contributed by atoms with Crippen LogP contribution < -0.4 is 5.73 Å². The summed E-state index contributed by atoms with van der Waals surface area (Å²) in [7, 11) is 0. The van der Waals surface area contributed by atoms with E-state index in [0.717, 1.165) is 5.56 Å². The third kappa shape index (κ3) is 3.23. The molecule has 1 aromatic rings. The molecule has 0 saturated carbocycles. The van der Waals surface area contributed by atoms with Crippen LogP contribution >= 0.6 is 0 Å². The summed E-state index contributed by atoms with van der Waals surface area (Å²) in [5.41, 5.74) is 6.96. The minimum absolute atomic E-state index is 0.189. The lowest BCUT2D eigenvalue weighted by Crippen LogP contribution is -2.14. The number of hydrogen-bond acceptors (Lipinski definition) is 3. The summed E-state index contributed by atoms with van der Waals surface area (Å²) in [6, 6.07) is 7.01. The number of ether oxygens (including phenoxy) is 1. The number of benzene rings is 1. The maximum atomic E-state index is 11.8. The van der Waals surface area contributed by atoms with Crippen molar-refractivity contribution in [1.29, 1.82) is 0 Å². The van der Waals surface area contributed by atoms with Gasteiger partial charge in [-0.1, -0.05) is 12.1 Å². The second-order valence-electron chi connectivity index (χ2n) is 3.25. The summed E-state index contributed by atoms with van der Waals surface area (Å²) in [6.45, 7) is 0.857. The summed E-state index contributed by atoms with van der Waals surface area (Å²) < 4.78 is 16.5. The van der Waals surface area contributed by atoms with Crippen molar-refractivity contribution in [2.75, 3.05) is 19.0 Å². The monoisotopic (exact) mass is 211 g/mol. The number of rotatable bonds is 4. The summed E-state index contributed by atoms with van der Waals surface area (Å²) in [5, 5.41) is 0. The van der Waals surface area contributed by atoms with Crippen LogP contribution in [-0.4, -0.2) is 19.3 Å². The first-order chi connectivity index (χ1) is 7.15. The molecule has 0 saturated heterocycles. The van der Waals surface area contributed by atoms with Gasteiger partial charge in [-0.05, 0) is 24.6 Å². The summed E-state index contributed by atoms with van der Waals surface area (Å²) in [6.07, 6.45) is 0. The van der Waals surface area contributed by atoms with Crippen LogP contribution in [0.1, 0.15) is 18.4 Å². The van der Waals surface area contributed by atoms with Crippen molar-refractivity contribution in [3.63, 3.8) is 0 Å². The molecule has 1 rings (SSSR count). The fourth-order valence-corrected chi connectivity index (χ4v) is 1.23. The SMILES string of the molecule is CC(C(=O)OCCF)c1cccc(N)c1. The Morgan fingerprint density at radius 1 is 1.60 bits per heavy atom. The fraction of sp³-hybridized carbons (Fsp3) is 0.364. The minimum Gasteiger partial charge on any atom is -0.462 e. The van der Waals surface area contributed by atoms with Crippen molar-refractivity contribution >= 4 is 11.7 Å². The molecule has 15 heavy (non-hydrogen) atoms. The Labute approximate surface area is 88.0 Å². The van der Waals surface area contributed by atoms with Gasteiger partial charge in [-0.25, -0.2) is 4.39 Å². The number of nitrogens with two attached hydrogens (primary N) is 1. The molecule has 82 valence electrons. The normalized spacial score (nSPS) is 12.1. The molecule has 1 atom stereocenters. The number of carbonyl (C=O) groups excluding carboxylic acids is 1. The number of alkyl halides is 1. The van der Waals surface area contributed by atoms with Gasteiger partial charge in [0.05, 0.1) is 5.92 Å². The largest absolute Gasteiger partial charge is 0.462 e. The predicted octanol–water partition coefficient (Wildman–Crippen LogP) is 1.89. The molecule has 0 spiro atoms. The summed E-state index contributed by atoms with van der Waals surface area (Å²) in [4.78, 5) is 11.4. The van der Waals surface area contributed by atoms with Crippen LogP contribution in [-0.2, 0) is 9.53 Å². The van der Waals surface area contributed by atoms with E-state index in [2.05, 4.69) is 0 Å². The molecule has 0 heterocycles. The molecular formula is C11H14FNO2. The predicted molar refractivity (Wildman–Crippen MR) is 56.2 cm³/mol. The molecule has 0 aliphatic carbocycles. The van der Waals surface area contributed by atoms with Gasteiger partial charge in [0, 0.05) is 5.69 Å². The molecule has 3 nitrogen and oxygen atoms in total.